The maximum absolute atomic E-state index is 15.8. The molecule has 2 nitrogen and oxygen atoms in total. The van der Waals surface area contributed by atoms with Crippen LogP contribution >= 0.6 is 0 Å². The number of rotatable bonds is 7. The molecule has 0 amide bonds. The molecule has 1 aliphatic rings. The molecule has 0 radical (unpaired) electrons. The van der Waals surface area contributed by atoms with Gasteiger partial charge in [-0.15, -0.1) is 0 Å². The first-order valence-corrected chi connectivity index (χ1v) is 25.0. The fourth-order valence-electron chi connectivity index (χ4n) is 11.1. The zero-order chi connectivity index (χ0) is 52.8. The van der Waals surface area contributed by atoms with Gasteiger partial charge in [0.15, 0.2) is 0 Å². The number of aryl methyl sites for hydroxylation is 4. The summed E-state index contributed by atoms with van der Waals surface area (Å²) in [6.07, 6.45) is -10.3. The van der Waals surface area contributed by atoms with Crippen molar-refractivity contribution in [3.8, 4) is 78.5 Å². The highest BCUT2D eigenvalue weighted by Crippen LogP contribution is 2.54. The molecule has 0 spiro atoms. The molecule has 12 rings (SSSR count). The SMILES string of the molecule is Cc1ccc(-c2ccc3c(c2)C(c2cc(C#N)c(-n4c5cc(-c6ccc(C)cc6)ccc5c5ccc(-c6ccc(C)cc6)cc54)cc2-c2ccc(C(F)(F)F)cc2C(F)(F)F)c2cc(-c4ccc(C)cc4)ccc2-3)cc1. The maximum Gasteiger partial charge on any atom is 0.417 e. The number of hydrogen-bond donors (Lipinski definition) is 0. The Balaban J connectivity index is 1.20. The van der Waals surface area contributed by atoms with E-state index >= 15 is 13.2 Å². The Bertz CT molecular complexity index is 3950. The summed E-state index contributed by atoms with van der Waals surface area (Å²) in [6.45, 7) is 8.03. The smallest absolute Gasteiger partial charge is 0.308 e. The van der Waals surface area contributed by atoms with Crippen molar-refractivity contribution in [2.24, 2.45) is 0 Å². The molecule has 8 heteroatoms. The second-order valence-electron chi connectivity index (χ2n) is 20.1. The van der Waals surface area contributed by atoms with Crippen LogP contribution in [0.3, 0.4) is 0 Å². The number of halogens is 6. The van der Waals surface area contributed by atoms with E-state index < -0.39 is 35.0 Å². The third kappa shape index (κ3) is 8.42. The Labute approximate surface area is 436 Å². The molecule has 370 valence electrons. The van der Waals surface area contributed by atoms with Crippen LogP contribution in [0.4, 0.5) is 26.3 Å². The van der Waals surface area contributed by atoms with Crippen molar-refractivity contribution in [2.75, 3.05) is 0 Å². The molecule has 0 saturated carbocycles. The first kappa shape index (κ1) is 48.0. The number of aromatic nitrogens is 1. The lowest BCUT2D eigenvalue weighted by atomic mass is 9.80. The topological polar surface area (TPSA) is 28.7 Å². The average molecular weight is 1010 g/mol. The number of alkyl halides is 6. The number of nitrogens with zero attached hydrogens (tertiary/aromatic N) is 2. The molecule has 0 N–H and O–H groups in total. The van der Waals surface area contributed by atoms with Crippen molar-refractivity contribution < 1.29 is 26.3 Å². The van der Waals surface area contributed by atoms with Gasteiger partial charge in [0.2, 0.25) is 0 Å². The van der Waals surface area contributed by atoms with Gasteiger partial charge in [0.05, 0.1) is 33.4 Å². The van der Waals surface area contributed by atoms with Crippen molar-refractivity contribution in [2.45, 2.75) is 46.0 Å². The van der Waals surface area contributed by atoms with E-state index in [1.54, 1.807) is 12.1 Å². The van der Waals surface area contributed by atoms with Crippen LogP contribution in [0.25, 0.3) is 94.3 Å². The second kappa shape index (κ2) is 18.2. The fourth-order valence-corrected chi connectivity index (χ4v) is 11.1. The minimum Gasteiger partial charge on any atom is -0.308 e. The van der Waals surface area contributed by atoms with Crippen LogP contribution in [0.5, 0.6) is 0 Å². The van der Waals surface area contributed by atoms with Crippen molar-refractivity contribution >= 4 is 21.8 Å². The second-order valence-corrected chi connectivity index (χ2v) is 20.1. The summed E-state index contributed by atoms with van der Waals surface area (Å²) >= 11 is 0. The minimum atomic E-state index is -5.22. The van der Waals surface area contributed by atoms with E-state index in [4.69, 9.17) is 0 Å². The van der Waals surface area contributed by atoms with Crippen LogP contribution < -0.4 is 0 Å². The lowest BCUT2D eigenvalue weighted by Crippen LogP contribution is -2.13. The van der Waals surface area contributed by atoms with Crippen molar-refractivity contribution in [1.29, 1.82) is 5.26 Å². The largest absolute Gasteiger partial charge is 0.417 e. The minimum absolute atomic E-state index is 0.0414. The molecule has 10 aromatic carbocycles. The molecule has 1 heterocycles. The van der Waals surface area contributed by atoms with E-state index in [-0.39, 0.29) is 22.9 Å². The van der Waals surface area contributed by atoms with Crippen LogP contribution in [0, 0.1) is 39.0 Å². The molecule has 0 bridgehead atoms. The Morgan fingerprint density at radius 3 is 1.13 bits per heavy atom. The van der Waals surface area contributed by atoms with Gasteiger partial charge < -0.3 is 4.57 Å². The normalized spacial score (nSPS) is 12.5. The highest BCUT2D eigenvalue weighted by atomic mass is 19.4. The zero-order valence-electron chi connectivity index (χ0n) is 41.8. The number of fused-ring (bicyclic) bond motifs is 6. The van der Waals surface area contributed by atoms with E-state index in [1.165, 1.54) is 0 Å². The summed E-state index contributed by atoms with van der Waals surface area (Å²) in [4.78, 5) is 0. The molecule has 1 aromatic heterocycles. The quantitative estimate of drug-likeness (QED) is 0.146. The number of nitriles is 1. The zero-order valence-corrected chi connectivity index (χ0v) is 41.8. The number of benzene rings is 10. The molecular weight excluding hydrogens is 959 g/mol. The number of hydrogen-bond acceptors (Lipinski definition) is 1. The van der Waals surface area contributed by atoms with Gasteiger partial charge in [-0.2, -0.15) is 31.6 Å². The average Bonchev–Trinajstić information content (AvgIpc) is 4.03. The highest BCUT2D eigenvalue weighted by Gasteiger charge is 2.41. The van der Waals surface area contributed by atoms with Gasteiger partial charge >= 0.3 is 12.4 Å². The summed E-state index contributed by atoms with van der Waals surface area (Å²) in [5.74, 6) is -0.778. The van der Waals surface area contributed by atoms with E-state index in [2.05, 4.69) is 18.2 Å². The Kier molecular flexibility index (Phi) is 11.5. The van der Waals surface area contributed by atoms with E-state index in [9.17, 15) is 18.4 Å². The monoisotopic (exact) mass is 1000 g/mol. The van der Waals surface area contributed by atoms with Crippen molar-refractivity contribution in [3.63, 3.8) is 0 Å². The van der Waals surface area contributed by atoms with Gasteiger partial charge in [-0.25, -0.2) is 0 Å². The summed E-state index contributed by atoms with van der Waals surface area (Å²) in [5.41, 5.74) is 13.7. The molecule has 11 aromatic rings. The Morgan fingerprint density at radius 2 is 0.737 bits per heavy atom. The summed E-state index contributed by atoms with van der Waals surface area (Å²) in [6, 6.07) is 64.4. The molecule has 0 saturated heterocycles. The Hall–Kier alpha value is -8.93. The molecule has 0 atom stereocenters. The fraction of sp³-hybridized carbons (Fsp3) is 0.103. The van der Waals surface area contributed by atoms with Crippen molar-refractivity contribution in [1.82, 2.24) is 4.57 Å². The molecule has 76 heavy (non-hydrogen) atoms. The molecule has 0 unspecified atom stereocenters. The van der Waals surface area contributed by atoms with E-state index in [0.717, 1.165) is 112 Å². The summed E-state index contributed by atoms with van der Waals surface area (Å²) < 4.78 is 92.9. The van der Waals surface area contributed by atoms with Crippen LogP contribution in [-0.4, -0.2) is 4.57 Å². The van der Waals surface area contributed by atoms with Gasteiger partial charge in [0, 0.05) is 16.7 Å². The van der Waals surface area contributed by atoms with Crippen LogP contribution in [0.2, 0.25) is 0 Å². The van der Waals surface area contributed by atoms with Crippen LogP contribution in [-0.2, 0) is 12.4 Å². The Morgan fingerprint density at radius 1 is 0.368 bits per heavy atom. The third-order valence-corrected chi connectivity index (χ3v) is 15.1. The lowest BCUT2D eigenvalue weighted by Gasteiger charge is -2.25. The first-order chi connectivity index (χ1) is 36.5. The predicted octanol–water partition coefficient (Wildman–Crippen LogP) is 19.4. The third-order valence-electron chi connectivity index (χ3n) is 15.1. The van der Waals surface area contributed by atoms with E-state index in [1.807, 2.05) is 190 Å². The van der Waals surface area contributed by atoms with Gasteiger partial charge in [0.1, 0.15) is 6.07 Å². The van der Waals surface area contributed by atoms with Gasteiger partial charge in [-0.05, 0) is 160 Å². The summed E-state index contributed by atoms with van der Waals surface area (Å²) in [5, 5.41) is 13.2. The maximum atomic E-state index is 15.8. The molecular formula is C68H46F6N2. The first-order valence-electron chi connectivity index (χ1n) is 25.0. The predicted molar refractivity (Wildman–Crippen MR) is 294 cm³/mol. The van der Waals surface area contributed by atoms with Crippen molar-refractivity contribution in [3.05, 3.63) is 256 Å². The van der Waals surface area contributed by atoms with E-state index in [0.29, 0.717) is 16.6 Å². The van der Waals surface area contributed by atoms with Gasteiger partial charge in [0.25, 0.3) is 0 Å². The molecule has 0 fully saturated rings. The van der Waals surface area contributed by atoms with Gasteiger partial charge in [-0.1, -0.05) is 174 Å². The van der Waals surface area contributed by atoms with Crippen LogP contribution in [0.15, 0.2) is 200 Å². The van der Waals surface area contributed by atoms with Gasteiger partial charge in [-0.3, -0.25) is 0 Å². The van der Waals surface area contributed by atoms with Crippen LogP contribution in [0.1, 0.15) is 61.6 Å². The highest BCUT2D eigenvalue weighted by molar-refractivity contribution is 6.11. The molecule has 0 aliphatic heterocycles. The molecule has 1 aliphatic carbocycles. The standard InChI is InChI=1S/C68H46F6N2/c1-39-5-13-43(14-6-39)47-21-26-53-54-27-22-48(44-15-7-40(2)8-16-44)32-60(54)66(59(53)31-47)61-33-51(38-75)63(37-58(61)55-30-25-52(67(69,70)71)36-62(55)68(72,73)74)76-64-34-49(45-17-9-41(3)10-18-45)23-28-56(64)57-29-24-50(35-65(57)76)46-19-11-42(4)12-20-46/h5-37,66H,1-4H3. The summed E-state index contributed by atoms with van der Waals surface area (Å²) in [7, 11) is 0. The lowest BCUT2D eigenvalue weighted by molar-refractivity contribution is -0.142.